The molecule has 0 spiro atoms. The van der Waals surface area contributed by atoms with E-state index >= 15 is 0 Å². The predicted molar refractivity (Wildman–Crippen MR) is 63.8 cm³/mol. The van der Waals surface area contributed by atoms with Gasteiger partial charge in [-0.25, -0.2) is 0 Å². The normalized spacial score (nSPS) is 17.1. The minimum atomic E-state index is 0. The molecule has 0 bridgehead atoms. The lowest BCUT2D eigenvalue weighted by molar-refractivity contribution is 0.499. The van der Waals surface area contributed by atoms with Crippen molar-refractivity contribution in [1.82, 2.24) is 8.75 Å². The highest BCUT2D eigenvalue weighted by Crippen LogP contribution is 2.16. The second-order valence-electron chi connectivity index (χ2n) is 3.09. The first-order valence-corrected chi connectivity index (χ1v) is 4.87. The van der Waals surface area contributed by atoms with Crippen LogP contribution in [-0.4, -0.2) is 27.9 Å². The second-order valence-corrected chi connectivity index (χ2v) is 3.65. The van der Waals surface area contributed by atoms with Gasteiger partial charge in [-0.3, -0.25) is 0 Å². The van der Waals surface area contributed by atoms with Crippen LogP contribution in [0.1, 0.15) is 12.8 Å². The van der Waals surface area contributed by atoms with E-state index in [1.54, 1.807) is 0 Å². The van der Waals surface area contributed by atoms with Gasteiger partial charge in [0, 0.05) is 19.1 Å². The van der Waals surface area contributed by atoms with Crippen LogP contribution in [0.3, 0.4) is 0 Å². The molecule has 0 atom stereocenters. The lowest BCUT2D eigenvalue weighted by Gasteiger charge is -2.29. The van der Waals surface area contributed by atoms with E-state index in [1.165, 1.54) is 11.7 Å². The van der Waals surface area contributed by atoms with Crippen LogP contribution in [-0.2, 0) is 0 Å². The van der Waals surface area contributed by atoms with Gasteiger partial charge in [0.1, 0.15) is 0 Å². The maximum absolute atomic E-state index is 5.79. The quantitative estimate of drug-likeness (QED) is 0.824. The number of aromatic nitrogens is 2. The summed E-state index contributed by atoms with van der Waals surface area (Å²) < 4.78 is 8.15. The third-order valence-electron chi connectivity index (χ3n) is 2.21. The van der Waals surface area contributed by atoms with Crippen molar-refractivity contribution in [2.24, 2.45) is 5.73 Å². The number of nitrogens with two attached hydrogens (primary N) is 1. The number of halogens is 2. The summed E-state index contributed by atoms with van der Waals surface area (Å²) in [6, 6.07) is 0.382. The van der Waals surface area contributed by atoms with Crippen LogP contribution in [0.2, 0.25) is 0 Å². The van der Waals surface area contributed by atoms with Crippen molar-refractivity contribution in [3.63, 3.8) is 0 Å². The van der Waals surface area contributed by atoms with E-state index in [2.05, 4.69) is 13.6 Å². The molecule has 0 saturated carbocycles. The average molecular weight is 257 g/mol. The molecule has 0 unspecified atom stereocenters. The van der Waals surface area contributed by atoms with Gasteiger partial charge in [-0.15, -0.1) is 24.8 Å². The van der Waals surface area contributed by atoms with Crippen LogP contribution in [0.4, 0.5) is 5.82 Å². The molecule has 14 heavy (non-hydrogen) atoms. The molecule has 0 aliphatic carbocycles. The lowest BCUT2D eigenvalue weighted by Crippen LogP contribution is -2.39. The largest absolute Gasteiger partial charge is 0.354 e. The Morgan fingerprint density at radius 1 is 1.36 bits per heavy atom. The Morgan fingerprint density at radius 3 is 2.50 bits per heavy atom. The number of nitrogens with zero attached hydrogens (tertiary/aromatic N) is 3. The lowest BCUT2D eigenvalue weighted by atomic mass is 10.1. The molecular weight excluding hydrogens is 243 g/mol. The van der Waals surface area contributed by atoms with Crippen molar-refractivity contribution in [2.45, 2.75) is 18.9 Å². The minimum Gasteiger partial charge on any atom is -0.354 e. The zero-order valence-corrected chi connectivity index (χ0v) is 10.1. The summed E-state index contributed by atoms with van der Waals surface area (Å²) in [6.07, 6.45) is 3.95. The van der Waals surface area contributed by atoms with Gasteiger partial charge in [-0.1, -0.05) is 0 Å². The smallest absolute Gasteiger partial charge is 0.162 e. The molecular formula is C7H14Cl2N4S. The topological polar surface area (TPSA) is 55.0 Å². The van der Waals surface area contributed by atoms with E-state index in [9.17, 15) is 0 Å². The van der Waals surface area contributed by atoms with Gasteiger partial charge in [0.15, 0.2) is 5.82 Å². The fraction of sp³-hybridized carbons (Fsp3) is 0.714. The Kier molecular flexibility index (Phi) is 6.35. The summed E-state index contributed by atoms with van der Waals surface area (Å²) in [7, 11) is 0. The molecule has 2 N–H and O–H groups in total. The summed E-state index contributed by atoms with van der Waals surface area (Å²) in [6.45, 7) is 2.04. The first-order chi connectivity index (χ1) is 5.86. The van der Waals surface area contributed by atoms with Crippen molar-refractivity contribution < 1.29 is 0 Å². The average Bonchev–Trinajstić information content (AvgIpc) is 2.58. The molecule has 2 heterocycles. The maximum Gasteiger partial charge on any atom is 0.162 e. The number of rotatable bonds is 1. The van der Waals surface area contributed by atoms with Crippen LogP contribution in [0.25, 0.3) is 0 Å². The van der Waals surface area contributed by atoms with Crippen molar-refractivity contribution in [3.8, 4) is 0 Å². The Hall–Kier alpha value is -0.100. The molecule has 4 nitrogen and oxygen atoms in total. The molecule has 1 fully saturated rings. The molecule has 2 rings (SSSR count). The SMILES string of the molecule is Cl.Cl.NC1CCN(c2cnsn2)CC1. The highest BCUT2D eigenvalue weighted by atomic mass is 35.5. The van der Waals surface area contributed by atoms with Crippen LogP contribution < -0.4 is 10.6 Å². The Labute approximate surface area is 100 Å². The summed E-state index contributed by atoms with van der Waals surface area (Å²) in [4.78, 5) is 2.24. The molecule has 7 heteroatoms. The van der Waals surface area contributed by atoms with E-state index in [-0.39, 0.29) is 24.8 Å². The molecule has 1 aromatic rings. The van der Waals surface area contributed by atoms with Gasteiger partial charge in [0.2, 0.25) is 0 Å². The fourth-order valence-electron chi connectivity index (χ4n) is 1.43. The predicted octanol–water partition coefficient (Wildman–Crippen LogP) is 1.31. The fourth-order valence-corrected chi connectivity index (χ4v) is 1.86. The van der Waals surface area contributed by atoms with Crippen molar-refractivity contribution >= 4 is 42.4 Å². The van der Waals surface area contributed by atoms with Gasteiger partial charge in [-0.05, 0) is 12.8 Å². The molecule has 82 valence electrons. The minimum absolute atomic E-state index is 0. The third-order valence-corrected chi connectivity index (χ3v) is 2.68. The second kappa shape index (κ2) is 6.40. The molecule has 1 aliphatic rings. The Balaban J connectivity index is 0.000000845. The van der Waals surface area contributed by atoms with Crippen molar-refractivity contribution in [2.75, 3.05) is 18.0 Å². The number of piperidine rings is 1. The van der Waals surface area contributed by atoms with Crippen LogP contribution >= 0.6 is 36.5 Å². The molecule has 0 amide bonds. The van der Waals surface area contributed by atoms with E-state index < -0.39 is 0 Å². The van der Waals surface area contributed by atoms with Crippen LogP contribution in [0.5, 0.6) is 0 Å². The molecule has 0 radical (unpaired) electrons. The summed E-state index contributed by atoms with van der Waals surface area (Å²) >= 11 is 1.26. The molecule has 1 aromatic heterocycles. The Bertz CT molecular complexity index is 236. The monoisotopic (exact) mass is 256 g/mol. The maximum atomic E-state index is 5.79. The highest BCUT2D eigenvalue weighted by molar-refractivity contribution is 6.99. The number of anilines is 1. The highest BCUT2D eigenvalue weighted by Gasteiger charge is 2.17. The van der Waals surface area contributed by atoms with Crippen LogP contribution in [0.15, 0.2) is 6.20 Å². The zero-order chi connectivity index (χ0) is 8.39. The van der Waals surface area contributed by atoms with E-state index in [4.69, 9.17) is 5.73 Å². The summed E-state index contributed by atoms with van der Waals surface area (Å²) in [5.74, 6) is 1.01. The van der Waals surface area contributed by atoms with E-state index in [0.29, 0.717) is 6.04 Å². The number of hydrogen-bond donors (Lipinski definition) is 1. The molecule has 1 saturated heterocycles. The van der Waals surface area contributed by atoms with Crippen LogP contribution in [0, 0.1) is 0 Å². The van der Waals surface area contributed by atoms with Gasteiger partial charge >= 0.3 is 0 Å². The number of hydrogen-bond acceptors (Lipinski definition) is 5. The van der Waals surface area contributed by atoms with E-state index in [1.807, 2.05) is 6.20 Å². The van der Waals surface area contributed by atoms with E-state index in [0.717, 1.165) is 31.7 Å². The molecule has 1 aliphatic heterocycles. The van der Waals surface area contributed by atoms with Crippen molar-refractivity contribution in [1.29, 1.82) is 0 Å². The first kappa shape index (κ1) is 13.9. The summed E-state index contributed by atoms with van der Waals surface area (Å²) in [5.41, 5.74) is 5.79. The van der Waals surface area contributed by atoms with Gasteiger partial charge < -0.3 is 10.6 Å². The third kappa shape index (κ3) is 3.24. The van der Waals surface area contributed by atoms with Gasteiger partial charge in [0.25, 0.3) is 0 Å². The first-order valence-electron chi connectivity index (χ1n) is 4.14. The van der Waals surface area contributed by atoms with Gasteiger partial charge in [-0.2, -0.15) is 8.75 Å². The van der Waals surface area contributed by atoms with Crippen molar-refractivity contribution in [3.05, 3.63) is 6.20 Å². The van der Waals surface area contributed by atoms with Gasteiger partial charge in [0.05, 0.1) is 17.9 Å². The standard InChI is InChI=1S/C7H12N4S.2ClH/c8-6-1-3-11(4-2-6)7-5-9-12-10-7;;/h5-6H,1-4,8H2;2*1H. The zero-order valence-electron chi connectivity index (χ0n) is 7.63. The Morgan fingerprint density at radius 2 is 2.00 bits per heavy atom. The summed E-state index contributed by atoms with van der Waals surface area (Å²) in [5, 5.41) is 0. The molecule has 0 aromatic carbocycles.